The maximum atomic E-state index is 12.9. The minimum Gasteiger partial charge on any atom is -0.467 e. The second-order valence-electron chi connectivity index (χ2n) is 8.78. The zero-order chi connectivity index (χ0) is 24.2. The monoisotopic (exact) mass is 475 g/mol. The Hall–Kier alpha value is -3.85. The van der Waals surface area contributed by atoms with Crippen molar-refractivity contribution in [1.82, 2.24) is 15.1 Å². The van der Waals surface area contributed by atoms with Crippen LogP contribution < -0.4 is 15.4 Å². The highest BCUT2D eigenvalue weighted by Crippen LogP contribution is 2.37. The van der Waals surface area contributed by atoms with E-state index in [0.29, 0.717) is 30.4 Å². The number of piperazine rings is 1. The lowest BCUT2D eigenvalue weighted by Crippen LogP contribution is -2.56. The molecular formula is C26H29N5O4. The molecule has 0 aliphatic carbocycles. The van der Waals surface area contributed by atoms with E-state index in [0.717, 1.165) is 29.7 Å². The zero-order valence-corrected chi connectivity index (χ0v) is 19.7. The van der Waals surface area contributed by atoms with Gasteiger partial charge in [-0.05, 0) is 36.6 Å². The number of ether oxygens (including phenoxy) is 3. The van der Waals surface area contributed by atoms with E-state index in [-0.39, 0.29) is 31.6 Å². The number of nitrogens with zero attached hydrogens (tertiary/aromatic N) is 4. The zero-order valence-electron chi connectivity index (χ0n) is 19.7. The Balaban J connectivity index is 1.32. The number of hydrogen-bond donors (Lipinski definition) is 1. The number of amides is 1. The first-order valence-corrected chi connectivity index (χ1v) is 11.7. The molecule has 0 radical (unpaired) electrons. The third kappa shape index (κ3) is 4.85. The summed E-state index contributed by atoms with van der Waals surface area (Å²) in [7, 11) is 1.58. The molecule has 3 heterocycles. The molecule has 2 aromatic carbocycles. The van der Waals surface area contributed by atoms with E-state index in [9.17, 15) is 4.79 Å². The van der Waals surface area contributed by atoms with Gasteiger partial charge < -0.3 is 24.8 Å². The predicted molar refractivity (Wildman–Crippen MR) is 132 cm³/mol. The minimum absolute atomic E-state index is 0.0605. The molecule has 1 amide bonds. The van der Waals surface area contributed by atoms with Gasteiger partial charge >= 0.3 is 6.09 Å². The molecule has 2 atom stereocenters. The van der Waals surface area contributed by atoms with Crippen molar-refractivity contribution >= 4 is 17.6 Å². The summed E-state index contributed by atoms with van der Waals surface area (Å²) in [5.74, 6) is 1.02. The number of rotatable bonds is 7. The first kappa shape index (κ1) is 22.9. The van der Waals surface area contributed by atoms with Crippen LogP contribution in [-0.2, 0) is 16.1 Å². The Kier molecular flexibility index (Phi) is 6.67. The van der Waals surface area contributed by atoms with Crippen molar-refractivity contribution in [3.63, 3.8) is 0 Å². The van der Waals surface area contributed by atoms with Crippen molar-refractivity contribution < 1.29 is 19.0 Å². The maximum Gasteiger partial charge on any atom is 0.410 e. The number of carbonyl (C=O) groups is 1. The summed E-state index contributed by atoms with van der Waals surface area (Å²) in [6.45, 7) is 1.73. The molecule has 2 fully saturated rings. The van der Waals surface area contributed by atoms with E-state index in [2.05, 4.69) is 15.1 Å². The quantitative estimate of drug-likeness (QED) is 0.516. The summed E-state index contributed by atoms with van der Waals surface area (Å²) in [5.41, 5.74) is 9.52. The van der Waals surface area contributed by atoms with Gasteiger partial charge in [-0.15, -0.1) is 10.2 Å². The topological polar surface area (TPSA) is 103 Å². The summed E-state index contributed by atoms with van der Waals surface area (Å²) < 4.78 is 16.4. The number of nitrogen functional groups attached to an aromatic ring is 1. The Bertz CT molecular complexity index is 1160. The molecule has 35 heavy (non-hydrogen) atoms. The lowest BCUT2D eigenvalue weighted by molar-refractivity contribution is 0.0515. The van der Waals surface area contributed by atoms with Crippen LogP contribution >= 0.6 is 0 Å². The summed E-state index contributed by atoms with van der Waals surface area (Å²) in [6.07, 6.45) is 1.60. The van der Waals surface area contributed by atoms with Crippen LogP contribution in [0.1, 0.15) is 18.4 Å². The Morgan fingerprint density at radius 3 is 2.49 bits per heavy atom. The van der Waals surface area contributed by atoms with Gasteiger partial charge in [0.05, 0.1) is 23.5 Å². The van der Waals surface area contributed by atoms with Gasteiger partial charge in [0.2, 0.25) is 0 Å². The van der Waals surface area contributed by atoms with Crippen LogP contribution in [0.3, 0.4) is 0 Å². The van der Waals surface area contributed by atoms with E-state index >= 15 is 0 Å². The molecule has 9 heteroatoms. The molecular weight excluding hydrogens is 446 g/mol. The number of nitrogens with two attached hydrogens (primary N) is 1. The number of hydrogen-bond acceptors (Lipinski definition) is 8. The van der Waals surface area contributed by atoms with Crippen LogP contribution in [0.25, 0.3) is 11.3 Å². The summed E-state index contributed by atoms with van der Waals surface area (Å²) in [6, 6.07) is 19.4. The first-order valence-electron chi connectivity index (χ1n) is 11.7. The molecule has 2 aliphatic heterocycles. The van der Waals surface area contributed by atoms with Crippen LogP contribution in [0.2, 0.25) is 0 Å². The van der Waals surface area contributed by atoms with Gasteiger partial charge in [-0.25, -0.2) is 4.79 Å². The molecule has 2 N–H and O–H groups in total. The van der Waals surface area contributed by atoms with Crippen LogP contribution in [0.5, 0.6) is 5.75 Å². The highest BCUT2D eigenvalue weighted by Gasteiger charge is 2.44. The smallest absolute Gasteiger partial charge is 0.410 e. The van der Waals surface area contributed by atoms with Gasteiger partial charge in [-0.1, -0.05) is 42.5 Å². The summed E-state index contributed by atoms with van der Waals surface area (Å²) in [5, 5.41) is 8.55. The number of methoxy groups -OCH3 is 1. The molecule has 9 nitrogen and oxygen atoms in total. The van der Waals surface area contributed by atoms with Crippen LogP contribution in [0, 0.1) is 0 Å². The van der Waals surface area contributed by atoms with Gasteiger partial charge in [0.15, 0.2) is 12.6 Å². The van der Waals surface area contributed by atoms with E-state index < -0.39 is 0 Å². The number of anilines is 2. The summed E-state index contributed by atoms with van der Waals surface area (Å²) in [4.78, 5) is 17.0. The molecule has 0 saturated carbocycles. The Morgan fingerprint density at radius 1 is 1.03 bits per heavy atom. The maximum absolute atomic E-state index is 12.9. The van der Waals surface area contributed by atoms with Gasteiger partial charge in [-0.2, -0.15) is 0 Å². The number of para-hydroxylation sites is 1. The predicted octanol–water partition coefficient (Wildman–Crippen LogP) is 3.70. The highest BCUT2D eigenvalue weighted by atomic mass is 16.7. The second kappa shape index (κ2) is 10.2. The molecule has 2 unspecified atom stereocenters. The largest absolute Gasteiger partial charge is 0.467 e. The van der Waals surface area contributed by atoms with Crippen molar-refractivity contribution in [3.8, 4) is 17.0 Å². The average Bonchev–Trinajstić information content (AvgIpc) is 3.16. The van der Waals surface area contributed by atoms with Crippen molar-refractivity contribution in [2.24, 2.45) is 0 Å². The van der Waals surface area contributed by atoms with Gasteiger partial charge in [0, 0.05) is 25.8 Å². The number of carbonyl (C=O) groups excluding carboxylic acids is 1. The Morgan fingerprint density at radius 2 is 1.74 bits per heavy atom. The number of fused-ring (bicyclic) bond motifs is 2. The third-order valence-corrected chi connectivity index (χ3v) is 6.54. The first-order chi connectivity index (χ1) is 17.1. The molecule has 182 valence electrons. The number of aromatic nitrogens is 2. The van der Waals surface area contributed by atoms with Gasteiger partial charge in [0.25, 0.3) is 0 Å². The van der Waals surface area contributed by atoms with E-state index in [1.165, 1.54) is 0 Å². The van der Waals surface area contributed by atoms with Crippen molar-refractivity contribution in [2.75, 3.05) is 37.6 Å². The SMILES string of the molecule is COCOc1ccccc1-c1cc(N2CC3CCC(C2)N3C(=O)OCc2ccccc2)c(N)nn1. The molecule has 2 bridgehead atoms. The minimum atomic E-state index is -0.258. The summed E-state index contributed by atoms with van der Waals surface area (Å²) >= 11 is 0. The fourth-order valence-corrected chi connectivity index (χ4v) is 4.89. The second-order valence-corrected chi connectivity index (χ2v) is 8.78. The fraction of sp³-hybridized carbons (Fsp3) is 0.346. The van der Waals surface area contributed by atoms with Crippen molar-refractivity contribution in [1.29, 1.82) is 0 Å². The average molecular weight is 476 g/mol. The van der Waals surface area contributed by atoms with Crippen LogP contribution in [0.15, 0.2) is 60.7 Å². The normalized spacial score (nSPS) is 19.0. The van der Waals surface area contributed by atoms with Gasteiger partial charge in [-0.3, -0.25) is 4.90 Å². The third-order valence-electron chi connectivity index (χ3n) is 6.54. The highest BCUT2D eigenvalue weighted by molar-refractivity contribution is 5.75. The number of benzene rings is 2. The molecule has 2 aliphatic rings. The Labute approximate surface area is 204 Å². The fourth-order valence-electron chi connectivity index (χ4n) is 4.89. The lowest BCUT2D eigenvalue weighted by Gasteiger charge is -2.41. The van der Waals surface area contributed by atoms with E-state index in [4.69, 9.17) is 19.9 Å². The van der Waals surface area contributed by atoms with Crippen LogP contribution in [0.4, 0.5) is 16.3 Å². The standard InChI is InChI=1S/C26H29N5O4/c1-33-17-35-24-10-6-5-9-21(24)22-13-23(25(27)29-28-22)30-14-19-11-12-20(15-30)31(19)26(32)34-16-18-7-3-2-4-8-18/h2-10,13,19-20H,11-12,14-17H2,1H3,(H2,27,29). The van der Waals surface area contributed by atoms with E-state index in [1.807, 2.05) is 65.6 Å². The molecule has 1 aromatic heterocycles. The lowest BCUT2D eigenvalue weighted by atomic mass is 10.1. The molecule has 3 aromatic rings. The molecule has 0 spiro atoms. The van der Waals surface area contributed by atoms with Crippen molar-refractivity contribution in [2.45, 2.75) is 31.5 Å². The van der Waals surface area contributed by atoms with Crippen molar-refractivity contribution in [3.05, 3.63) is 66.2 Å². The molecule has 2 saturated heterocycles. The van der Waals surface area contributed by atoms with E-state index in [1.54, 1.807) is 7.11 Å². The van der Waals surface area contributed by atoms with Gasteiger partial charge in [0.1, 0.15) is 12.4 Å². The van der Waals surface area contributed by atoms with Crippen LogP contribution in [-0.4, -0.2) is 60.3 Å². The molecule has 5 rings (SSSR count).